The molecule has 0 aliphatic rings. The molecule has 1 atom stereocenters. The maximum absolute atomic E-state index is 12.9. The van der Waals surface area contributed by atoms with E-state index in [4.69, 9.17) is 4.74 Å². The zero-order valence-corrected chi connectivity index (χ0v) is 20.1. The third-order valence-corrected chi connectivity index (χ3v) is 20.7. The second kappa shape index (κ2) is 14.2. The Labute approximate surface area is 155 Å². The Bertz CT molecular complexity index is 341. The molecule has 24 heavy (non-hydrogen) atoms. The molecule has 0 radical (unpaired) electrons. The Hall–Kier alpha value is 0.00870. The van der Waals surface area contributed by atoms with E-state index in [9.17, 15) is 4.79 Å². The van der Waals surface area contributed by atoms with Crippen molar-refractivity contribution in [2.45, 2.75) is 99.8 Å². The molecule has 0 rings (SSSR count). The molecule has 0 saturated heterocycles. The van der Waals surface area contributed by atoms with E-state index in [1.807, 2.05) is 6.92 Å². The monoisotopic (exact) mass is 446 g/mol. The van der Waals surface area contributed by atoms with Gasteiger partial charge in [0.25, 0.3) is 0 Å². The van der Waals surface area contributed by atoms with E-state index in [-0.39, 0.29) is 5.97 Å². The molecule has 0 aromatic carbocycles. The molecule has 0 bridgehead atoms. The third-order valence-electron chi connectivity index (χ3n) is 5.19. The van der Waals surface area contributed by atoms with Crippen LogP contribution in [0.2, 0.25) is 13.3 Å². The molecule has 142 valence electrons. The molecule has 0 aliphatic carbocycles. The van der Waals surface area contributed by atoms with Crippen molar-refractivity contribution in [1.82, 2.24) is 0 Å². The summed E-state index contributed by atoms with van der Waals surface area (Å²) in [6, 6.07) is 0. The van der Waals surface area contributed by atoms with Gasteiger partial charge in [-0.15, -0.1) is 0 Å². The maximum atomic E-state index is 12.9. The summed E-state index contributed by atoms with van der Waals surface area (Å²) in [7, 11) is 0. The van der Waals surface area contributed by atoms with Gasteiger partial charge in [-0.3, -0.25) is 0 Å². The van der Waals surface area contributed by atoms with Crippen LogP contribution in [-0.2, 0) is 9.53 Å². The van der Waals surface area contributed by atoms with Crippen molar-refractivity contribution < 1.29 is 9.53 Å². The van der Waals surface area contributed by atoms with E-state index in [0.717, 1.165) is 6.42 Å². The summed E-state index contributed by atoms with van der Waals surface area (Å²) in [5.41, 5.74) is 0. The van der Waals surface area contributed by atoms with E-state index >= 15 is 0 Å². The van der Waals surface area contributed by atoms with Gasteiger partial charge in [-0.05, 0) is 0 Å². The summed E-state index contributed by atoms with van der Waals surface area (Å²) >= 11 is -2.70. The number of carbonyl (C=O) groups is 1. The Morgan fingerprint density at radius 1 is 0.917 bits per heavy atom. The summed E-state index contributed by atoms with van der Waals surface area (Å²) < 4.78 is 10.7. The number of allylic oxidation sites excluding steroid dienone is 1. The zero-order chi connectivity index (χ0) is 18.4. The van der Waals surface area contributed by atoms with Gasteiger partial charge in [0.05, 0.1) is 0 Å². The normalized spacial score (nSPS) is 13.8. The summed E-state index contributed by atoms with van der Waals surface area (Å²) in [6.07, 6.45) is 11.0. The molecule has 0 aromatic heterocycles. The average Bonchev–Trinajstić information content (AvgIpc) is 2.59. The molecule has 3 heteroatoms. The first-order valence-corrected chi connectivity index (χ1v) is 17.9. The summed E-state index contributed by atoms with van der Waals surface area (Å²) in [5.74, 6) is 0.502. The minimum atomic E-state index is -2.70. The van der Waals surface area contributed by atoms with Gasteiger partial charge in [-0.25, -0.2) is 0 Å². The molecular formula is C21H42O2Sn. The number of rotatable bonds is 14. The second-order valence-corrected chi connectivity index (χ2v) is 20.4. The SMILES string of the molecule is CCC[CH2][Sn]([CH2]CCC)([CH2]CCC)/[C](=C/[C@@H](C)CC)C(=O)OCC. The van der Waals surface area contributed by atoms with E-state index in [2.05, 4.69) is 40.7 Å². The van der Waals surface area contributed by atoms with Crippen LogP contribution in [0.3, 0.4) is 0 Å². The molecular weight excluding hydrogens is 403 g/mol. The van der Waals surface area contributed by atoms with Crippen LogP contribution in [0.25, 0.3) is 0 Å². The van der Waals surface area contributed by atoms with Gasteiger partial charge in [-0.2, -0.15) is 0 Å². The van der Waals surface area contributed by atoms with Gasteiger partial charge in [-0.1, -0.05) is 0 Å². The van der Waals surface area contributed by atoms with Crippen molar-refractivity contribution in [2.24, 2.45) is 5.92 Å². The van der Waals surface area contributed by atoms with E-state index in [1.54, 1.807) is 0 Å². The molecule has 0 unspecified atom stereocenters. The summed E-state index contributed by atoms with van der Waals surface area (Å²) in [4.78, 5) is 12.9. The van der Waals surface area contributed by atoms with Gasteiger partial charge in [0.15, 0.2) is 0 Å². The van der Waals surface area contributed by atoms with Crippen LogP contribution < -0.4 is 0 Å². The van der Waals surface area contributed by atoms with Crippen molar-refractivity contribution in [3.63, 3.8) is 0 Å². The van der Waals surface area contributed by atoms with Crippen LogP contribution in [0, 0.1) is 5.92 Å². The molecule has 2 nitrogen and oxygen atoms in total. The summed E-state index contributed by atoms with van der Waals surface area (Å²) in [6.45, 7) is 13.7. The van der Waals surface area contributed by atoms with E-state index in [0.29, 0.717) is 12.5 Å². The molecule has 0 N–H and O–H groups in total. The molecule has 0 amide bonds. The molecule has 0 fully saturated rings. The zero-order valence-electron chi connectivity index (χ0n) is 17.2. The van der Waals surface area contributed by atoms with Crippen LogP contribution in [0.15, 0.2) is 9.67 Å². The number of ether oxygens (including phenoxy) is 1. The number of carbonyl (C=O) groups excluding carboxylic acids is 1. The van der Waals surface area contributed by atoms with Crippen LogP contribution >= 0.6 is 0 Å². The number of unbranched alkanes of at least 4 members (excludes halogenated alkanes) is 3. The first-order chi connectivity index (χ1) is 11.5. The second-order valence-electron chi connectivity index (χ2n) is 7.28. The van der Waals surface area contributed by atoms with Gasteiger partial charge in [0.2, 0.25) is 0 Å². The van der Waals surface area contributed by atoms with E-state index in [1.165, 1.54) is 55.4 Å². The Kier molecular flexibility index (Phi) is 14.2. The topological polar surface area (TPSA) is 26.3 Å². The first-order valence-electron chi connectivity index (χ1n) is 10.4. The quantitative estimate of drug-likeness (QED) is 0.165. The predicted molar refractivity (Wildman–Crippen MR) is 109 cm³/mol. The average molecular weight is 445 g/mol. The van der Waals surface area contributed by atoms with Gasteiger partial charge in [0, 0.05) is 0 Å². The van der Waals surface area contributed by atoms with Crippen molar-refractivity contribution in [3.8, 4) is 0 Å². The molecule has 0 heterocycles. The fraction of sp³-hybridized carbons (Fsp3) is 0.857. The third kappa shape index (κ3) is 8.40. The predicted octanol–water partition coefficient (Wildman–Crippen LogP) is 6.91. The molecule has 0 aromatic rings. The minimum absolute atomic E-state index is 0.0249. The van der Waals surface area contributed by atoms with Crippen molar-refractivity contribution >= 4 is 24.3 Å². The molecule has 0 spiro atoms. The molecule has 0 saturated carbocycles. The van der Waals surface area contributed by atoms with Crippen molar-refractivity contribution in [2.75, 3.05) is 6.61 Å². The Balaban J connectivity index is 5.86. The van der Waals surface area contributed by atoms with Crippen molar-refractivity contribution in [1.29, 1.82) is 0 Å². The van der Waals surface area contributed by atoms with Crippen LogP contribution in [0.5, 0.6) is 0 Å². The summed E-state index contributed by atoms with van der Waals surface area (Å²) in [5, 5.41) is 0. The first kappa shape index (κ1) is 24.0. The van der Waals surface area contributed by atoms with Gasteiger partial charge >= 0.3 is 156 Å². The fourth-order valence-corrected chi connectivity index (χ4v) is 19.9. The number of esters is 1. The van der Waals surface area contributed by atoms with Gasteiger partial charge in [0.1, 0.15) is 0 Å². The number of hydrogen-bond donors (Lipinski definition) is 0. The van der Waals surface area contributed by atoms with Crippen LogP contribution in [0.4, 0.5) is 0 Å². The van der Waals surface area contributed by atoms with Gasteiger partial charge < -0.3 is 0 Å². The number of hydrogen-bond acceptors (Lipinski definition) is 2. The van der Waals surface area contributed by atoms with Crippen molar-refractivity contribution in [3.05, 3.63) is 9.67 Å². The fourth-order valence-electron chi connectivity index (χ4n) is 3.40. The molecule has 0 aliphatic heterocycles. The standard InChI is InChI=1S/C9H15O2.3C4H9.Sn/c1-4-8(3)6-7-9(10)11-5-2;3*1-3-4-2;/h6,8H,4-5H2,1-3H3;3*1,3-4H2,2H3;/t8-;;;;/m0..../s1. The van der Waals surface area contributed by atoms with Crippen LogP contribution in [-0.4, -0.2) is 31.0 Å². The Morgan fingerprint density at radius 2 is 1.38 bits per heavy atom. The van der Waals surface area contributed by atoms with Crippen LogP contribution in [0.1, 0.15) is 86.5 Å². The Morgan fingerprint density at radius 3 is 1.71 bits per heavy atom. The van der Waals surface area contributed by atoms with E-state index < -0.39 is 18.4 Å².